The maximum atomic E-state index is 6.03. The summed E-state index contributed by atoms with van der Waals surface area (Å²) in [6.45, 7) is 2.70. The average molecular weight is 284 g/mol. The fraction of sp³-hybridized carbons (Fsp3) is 0.167. The first-order chi connectivity index (χ1) is 8.70. The fourth-order valence-corrected chi connectivity index (χ4v) is 1.65. The molecule has 0 spiro atoms. The normalized spacial score (nSPS) is 10.2. The summed E-state index contributed by atoms with van der Waals surface area (Å²) < 4.78 is 5.57. The molecule has 2 rings (SSSR count). The van der Waals surface area contributed by atoms with Gasteiger partial charge in [-0.3, -0.25) is 0 Å². The number of rotatable bonds is 4. The number of aromatic nitrogens is 2. The molecule has 0 atom stereocenters. The zero-order valence-corrected chi connectivity index (χ0v) is 11.2. The van der Waals surface area contributed by atoms with Crippen LogP contribution in [-0.2, 0) is 0 Å². The van der Waals surface area contributed by atoms with Crippen LogP contribution in [0.3, 0.4) is 0 Å². The van der Waals surface area contributed by atoms with Crippen LogP contribution in [0.2, 0.25) is 10.0 Å². The second-order valence-electron chi connectivity index (χ2n) is 3.40. The minimum Gasteiger partial charge on any atom is -0.437 e. The number of hydrogen-bond donors (Lipinski definition) is 1. The Kier molecular flexibility index (Phi) is 4.23. The Balaban J connectivity index is 2.23. The van der Waals surface area contributed by atoms with Gasteiger partial charge in [-0.1, -0.05) is 29.3 Å². The van der Waals surface area contributed by atoms with Crippen molar-refractivity contribution in [1.82, 2.24) is 9.97 Å². The number of nitrogens with one attached hydrogen (secondary N) is 1. The lowest BCUT2D eigenvalue weighted by Gasteiger charge is -2.08. The Labute approximate surface area is 115 Å². The maximum absolute atomic E-state index is 6.03. The van der Waals surface area contributed by atoms with Gasteiger partial charge in [0.25, 0.3) is 0 Å². The molecule has 0 unspecified atom stereocenters. The highest BCUT2D eigenvalue weighted by Crippen LogP contribution is 2.33. The van der Waals surface area contributed by atoms with Crippen LogP contribution in [0.1, 0.15) is 6.92 Å². The Morgan fingerprint density at radius 1 is 1.28 bits per heavy atom. The minimum absolute atomic E-state index is 0.364. The number of nitrogens with zero attached hydrogens (tertiary/aromatic N) is 2. The summed E-state index contributed by atoms with van der Waals surface area (Å²) in [5.74, 6) is 1.38. The summed E-state index contributed by atoms with van der Waals surface area (Å²) in [4.78, 5) is 8.23. The molecule has 0 amide bonds. The van der Waals surface area contributed by atoms with E-state index in [0.717, 1.165) is 6.54 Å². The quantitative estimate of drug-likeness (QED) is 0.921. The van der Waals surface area contributed by atoms with Gasteiger partial charge in [0.05, 0.1) is 5.02 Å². The van der Waals surface area contributed by atoms with Gasteiger partial charge in [-0.25, -0.2) is 4.98 Å². The van der Waals surface area contributed by atoms with E-state index in [0.29, 0.717) is 27.6 Å². The van der Waals surface area contributed by atoms with Crippen molar-refractivity contribution in [2.24, 2.45) is 0 Å². The molecule has 0 bridgehead atoms. The molecule has 1 heterocycles. The summed E-state index contributed by atoms with van der Waals surface area (Å²) in [7, 11) is 0. The van der Waals surface area contributed by atoms with Crippen molar-refractivity contribution in [3.05, 3.63) is 40.5 Å². The third-order valence-corrected chi connectivity index (χ3v) is 2.90. The van der Waals surface area contributed by atoms with Crippen LogP contribution in [0.4, 0.5) is 5.95 Å². The van der Waals surface area contributed by atoms with Crippen LogP contribution in [0, 0.1) is 0 Å². The van der Waals surface area contributed by atoms with E-state index < -0.39 is 0 Å². The van der Waals surface area contributed by atoms with Crippen LogP contribution < -0.4 is 10.1 Å². The second-order valence-corrected chi connectivity index (χ2v) is 4.19. The zero-order valence-electron chi connectivity index (χ0n) is 9.65. The van der Waals surface area contributed by atoms with E-state index in [2.05, 4.69) is 15.3 Å². The van der Waals surface area contributed by atoms with Gasteiger partial charge in [-0.2, -0.15) is 4.98 Å². The first kappa shape index (κ1) is 12.9. The molecule has 0 aliphatic carbocycles. The Hall–Kier alpha value is -1.52. The summed E-state index contributed by atoms with van der Waals surface area (Å²) in [6.07, 6.45) is 1.61. The van der Waals surface area contributed by atoms with Crippen molar-refractivity contribution in [2.45, 2.75) is 6.92 Å². The largest absolute Gasteiger partial charge is 0.437 e. The van der Waals surface area contributed by atoms with E-state index in [9.17, 15) is 0 Å². The van der Waals surface area contributed by atoms with E-state index in [4.69, 9.17) is 27.9 Å². The monoisotopic (exact) mass is 283 g/mol. The SMILES string of the molecule is CCNc1nccc(Oc2cccc(Cl)c2Cl)n1. The standard InChI is InChI=1S/C12H11Cl2N3O/c1-2-15-12-16-7-6-10(17-12)18-9-5-3-4-8(13)11(9)14/h3-7H,2H2,1H3,(H,15,16,17). The van der Waals surface area contributed by atoms with Crippen molar-refractivity contribution in [3.63, 3.8) is 0 Å². The van der Waals surface area contributed by atoms with Crippen LogP contribution in [0.25, 0.3) is 0 Å². The van der Waals surface area contributed by atoms with Gasteiger partial charge in [0.2, 0.25) is 11.8 Å². The van der Waals surface area contributed by atoms with E-state index in [1.165, 1.54) is 0 Å². The first-order valence-corrected chi connectivity index (χ1v) is 6.15. The maximum Gasteiger partial charge on any atom is 0.225 e. The van der Waals surface area contributed by atoms with E-state index in [1.807, 2.05) is 6.92 Å². The Morgan fingerprint density at radius 2 is 2.11 bits per heavy atom. The number of anilines is 1. The number of hydrogen-bond acceptors (Lipinski definition) is 4. The van der Waals surface area contributed by atoms with Gasteiger partial charge < -0.3 is 10.1 Å². The summed E-state index contributed by atoms with van der Waals surface area (Å²) in [6, 6.07) is 6.83. The fourth-order valence-electron chi connectivity index (χ4n) is 1.32. The van der Waals surface area contributed by atoms with Crippen molar-refractivity contribution in [3.8, 4) is 11.6 Å². The lowest BCUT2D eigenvalue weighted by atomic mass is 10.3. The van der Waals surface area contributed by atoms with Crippen LogP contribution in [0.5, 0.6) is 11.6 Å². The van der Waals surface area contributed by atoms with Crippen LogP contribution in [-0.4, -0.2) is 16.5 Å². The highest BCUT2D eigenvalue weighted by molar-refractivity contribution is 6.42. The summed E-state index contributed by atoms with van der Waals surface area (Å²) in [5, 5.41) is 3.80. The van der Waals surface area contributed by atoms with E-state index >= 15 is 0 Å². The predicted octanol–water partition coefficient (Wildman–Crippen LogP) is 4.01. The first-order valence-electron chi connectivity index (χ1n) is 5.39. The third kappa shape index (κ3) is 3.03. The minimum atomic E-state index is 0.364. The van der Waals surface area contributed by atoms with Crippen LogP contribution >= 0.6 is 23.2 Å². The van der Waals surface area contributed by atoms with Crippen molar-refractivity contribution >= 4 is 29.2 Å². The lowest BCUT2D eigenvalue weighted by molar-refractivity contribution is 0.462. The molecule has 6 heteroatoms. The molecule has 0 aliphatic heterocycles. The molecule has 1 aromatic heterocycles. The van der Waals surface area contributed by atoms with Crippen molar-refractivity contribution in [2.75, 3.05) is 11.9 Å². The molecular weight excluding hydrogens is 273 g/mol. The summed E-state index contributed by atoms with van der Waals surface area (Å²) >= 11 is 11.9. The van der Waals surface area contributed by atoms with Gasteiger partial charge in [0.1, 0.15) is 10.8 Å². The van der Waals surface area contributed by atoms with Crippen molar-refractivity contribution in [1.29, 1.82) is 0 Å². The lowest BCUT2D eigenvalue weighted by Crippen LogP contribution is -2.02. The molecule has 0 fully saturated rings. The number of ether oxygens (including phenoxy) is 1. The van der Waals surface area contributed by atoms with E-state index in [1.54, 1.807) is 30.5 Å². The smallest absolute Gasteiger partial charge is 0.225 e. The second kappa shape index (κ2) is 5.89. The van der Waals surface area contributed by atoms with Gasteiger partial charge in [0, 0.05) is 18.8 Å². The molecule has 0 aliphatic rings. The molecule has 94 valence electrons. The van der Waals surface area contributed by atoms with Gasteiger partial charge >= 0.3 is 0 Å². The summed E-state index contributed by atoms with van der Waals surface area (Å²) in [5.41, 5.74) is 0. The van der Waals surface area contributed by atoms with E-state index in [-0.39, 0.29) is 0 Å². The van der Waals surface area contributed by atoms with Gasteiger partial charge in [0.15, 0.2) is 0 Å². The topological polar surface area (TPSA) is 47.0 Å². The Bertz CT molecular complexity index is 549. The molecule has 0 saturated carbocycles. The number of halogens is 2. The molecule has 1 N–H and O–H groups in total. The molecule has 0 saturated heterocycles. The highest BCUT2D eigenvalue weighted by atomic mass is 35.5. The predicted molar refractivity (Wildman–Crippen MR) is 72.7 cm³/mol. The third-order valence-electron chi connectivity index (χ3n) is 2.10. The Morgan fingerprint density at radius 3 is 2.89 bits per heavy atom. The molecule has 0 radical (unpaired) electrons. The van der Waals surface area contributed by atoms with Crippen LogP contribution in [0.15, 0.2) is 30.5 Å². The average Bonchev–Trinajstić information content (AvgIpc) is 2.36. The van der Waals surface area contributed by atoms with Gasteiger partial charge in [-0.15, -0.1) is 0 Å². The molecular formula is C12H11Cl2N3O. The highest BCUT2D eigenvalue weighted by Gasteiger charge is 2.07. The number of benzene rings is 1. The molecule has 1 aromatic carbocycles. The zero-order chi connectivity index (χ0) is 13.0. The van der Waals surface area contributed by atoms with Gasteiger partial charge in [-0.05, 0) is 19.1 Å². The molecule has 18 heavy (non-hydrogen) atoms. The molecule has 4 nitrogen and oxygen atoms in total. The molecule has 2 aromatic rings. The van der Waals surface area contributed by atoms with Crippen molar-refractivity contribution < 1.29 is 4.74 Å².